The number of hydrogen-bond acceptors (Lipinski definition) is 5. The number of thiazole rings is 1. The highest BCUT2D eigenvalue weighted by Gasteiger charge is 2.12. The number of rotatable bonds is 5. The second kappa shape index (κ2) is 7.49. The predicted molar refractivity (Wildman–Crippen MR) is 99.4 cm³/mol. The summed E-state index contributed by atoms with van der Waals surface area (Å²) in [5, 5.41) is 11.0. The number of benzene rings is 2. The lowest BCUT2D eigenvalue weighted by Crippen LogP contribution is -2.16. The standard InChI is InChI=1S/C18H17N3O4S/c1-3-20-15-11-13(21(23)24)6-9-16(15)26-18(20)19-17(22)10-12-4-7-14(25-2)8-5-12/h4-9,11H,3,10H2,1-2H3. The van der Waals surface area contributed by atoms with Gasteiger partial charge < -0.3 is 9.30 Å². The van der Waals surface area contributed by atoms with E-state index in [4.69, 9.17) is 4.74 Å². The molecule has 26 heavy (non-hydrogen) atoms. The monoisotopic (exact) mass is 371 g/mol. The van der Waals surface area contributed by atoms with Gasteiger partial charge in [-0.2, -0.15) is 4.99 Å². The van der Waals surface area contributed by atoms with Gasteiger partial charge in [0.1, 0.15) is 5.75 Å². The Labute approximate surface area is 153 Å². The maximum atomic E-state index is 12.3. The molecule has 0 aliphatic rings. The molecule has 0 aliphatic carbocycles. The number of fused-ring (bicyclic) bond motifs is 1. The van der Waals surface area contributed by atoms with Gasteiger partial charge >= 0.3 is 0 Å². The molecular weight excluding hydrogens is 354 g/mol. The molecule has 0 unspecified atom stereocenters. The van der Waals surface area contributed by atoms with E-state index in [1.54, 1.807) is 25.3 Å². The van der Waals surface area contributed by atoms with Crippen molar-refractivity contribution < 1.29 is 14.5 Å². The minimum absolute atomic E-state index is 0.0219. The van der Waals surface area contributed by atoms with Crippen LogP contribution in [0.3, 0.4) is 0 Å². The second-order valence-electron chi connectivity index (χ2n) is 5.57. The van der Waals surface area contributed by atoms with Crippen molar-refractivity contribution in [2.75, 3.05) is 7.11 Å². The number of carbonyl (C=O) groups excluding carboxylic acids is 1. The molecule has 1 heterocycles. The molecule has 0 saturated heterocycles. The SMILES string of the molecule is CCn1c(=NC(=O)Cc2ccc(OC)cc2)sc2ccc([N+](=O)[O-])cc21. The Balaban J connectivity index is 1.94. The average molecular weight is 371 g/mol. The number of non-ortho nitro benzene ring substituents is 1. The quantitative estimate of drug-likeness (QED) is 0.508. The number of nitrogens with zero attached hydrogens (tertiary/aromatic N) is 3. The van der Waals surface area contributed by atoms with Gasteiger partial charge in [0.2, 0.25) is 0 Å². The molecule has 1 amide bonds. The van der Waals surface area contributed by atoms with Crippen molar-refractivity contribution in [3.05, 3.63) is 62.9 Å². The number of methoxy groups -OCH3 is 1. The lowest BCUT2D eigenvalue weighted by Gasteiger charge is -2.02. The summed E-state index contributed by atoms with van der Waals surface area (Å²) in [7, 11) is 1.59. The Bertz CT molecular complexity index is 1030. The van der Waals surface area contributed by atoms with Crippen molar-refractivity contribution in [2.24, 2.45) is 4.99 Å². The van der Waals surface area contributed by atoms with E-state index < -0.39 is 4.92 Å². The predicted octanol–water partition coefficient (Wildman–Crippen LogP) is 3.31. The van der Waals surface area contributed by atoms with Crippen LogP contribution < -0.4 is 9.54 Å². The maximum absolute atomic E-state index is 12.3. The van der Waals surface area contributed by atoms with E-state index >= 15 is 0 Å². The van der Waals surface area contributed by atoms with Crippen molar-refractivity contribution in [3.8, 4) is 5.75 Å². The van der Waals surface area contributed by atoms with E-state index in [0.29, 0.717) is 16.9 Å². The first-order valence-electron chi connectivity index (χ1n) is 8.00. The van der Waals surface area contributed by atoms with Crippen LogP contribution in [-0.4, -0.2) is 22.5 Å². The van der Waals surface area contributed by atoms with Crippen LogP contribution in [0.2, 0.25) is 0 Å². The molecule has 0 saturated carbocycles. The zero-order valence-electron chi connectivity index (χ0n) is 14.3. The highest BCUT2D eigenvalue weighted by atomic mass is 32.1. The van der Waals surface area contributed by atoms with Crippen molar-refractivity contribution in [3.63, 3.8) is 0 Å². The largest absolute Gasteiger partial charge is 0.497 e. The molecular formula is C18H17N3O4S. The van der Waals surface area contributed by atoms with E-state index in [-0.39, 0.29) is 18.0 Å². The molecule has 3 rings (SSSR count). The summed E-state index contributed by atoms with van der Waals surface area (Å²) in [6, 6.07) is 11.9. The summed E-state index contributed by atoms with van der Waals surface area (Å²) in [4.78, 5) is 27.7. The molecule has 0 fully saturated rings. The van der Waals surface area contributed by atoms with Gasteiger partial charge in [0.25, 0.3) is 11.6 Å². The van der Waals surface area contributed by atoms with E-state index in [1.165, 1.54) is 23.5 Å². The van der Waals surface area contributed by atoms with Gasteiger partial charge in [0.05, 0.1) is 28.7 Å². The fourth-order valence-corrected chi connectivity index (χ4v) is 3.72. The smallest absolute Gasteiger partial charge is 0.271 e. The van der Waals surface area contributed by atoms with E-state index in [9.17, 15) is 14.9 Å². The average Bonchev–Trinajstić information content (AvgIpc) is 2.98. The third kappa shape index (κ3) is 3.65. The van der Waals surface area contributed by atoms with E-state index in [1.807, 2.05) is 23.6 Å². The zero-order valence-corrected chi connectivity index (χ0v) is 15.2. The summed E-state index contributed by atoms with van der Waals surface area (Å²) in [5.41, 5.74) is 1.58. The minimum atomic E-state index is -0.428. The third-order valence-corrected chi connectivity index (χ3v) is 4.99. The van der Waals surface area contributed by atoms with Crippen molar-refractivity contribution >= 4 is 33.1 Å². The van der Waals surface area contributed by atoms with Crippen LogP contribution in [0, 0.1) is 10.1 Å². The number of amides is 1. The van der Waals surface area contributed by atoms with Gasteiger partial charge in [-0.3, -0.25) is 14.9 Å². The highest BCUT2D eigenvalue weighted by Crippen LogP contribution is 2.23. The number of hydrogen-bond donors (Lipinski definition) is 0. The fourth-order valence-electron chi connectivity index (χ4n) is 2.63. The molecule has 0 spiro atoms. The molecule has 3 aromatic rings. The Morgan fingerprint density at radius 3 is 2.62 bits per heavy atom. The lowest BCUT2D eigenvalue weighted by molar-refractivity contribution is -0.384. The number of carbonyl (C=O) groups is 1. The first kappa shape index (κ1) is 17.8. The van der Waals surface area contributed by atoms with Crippen LogP contribution in [0.1, 0.15) is 12.5 Å². The van der Waals surface area contributed by atoms with Crippen molar-refractivity contribution in [1.82, 2.24) is 4.57 Å². The molecule has 7 nitrogen and oxygen atoms in total. The summed E-state index contributed by atoms with van der Waals surface area (Å²) in [5.74, 6) is 0.464. The summed E-state index contributed by atoms with van der Waals surface area (Å²) in [6.07, 6.45) is 0.183. The molecule has 8 heteroatoms. The van der Waals surface area contributed by atoms with Crippen LogP contribution in [0.5, 0.6) is 5.75 Å². The Morgan fingerprint density at radius 1 is 1.27 bits per heavy atom. The minimum Gasteiger partial charge on any atom is -0.497 e. The topological polar surface area (TPSA) is 86.7 Å². The Hall–Kier alpha value is -3.00. The fraction of sp³-hybridized carbons (Fsp3) is 0.222. The number of aromatic nitrogens is 1. The normalized spacial score (nSPS) is 11.7. The molecule has 0 bridgehead atoms. The van der Waals surface area contributed by atoms with Gasteiger partial charge in [0.15, 0.2) is 4.80 Å². The summed E-state index contributed by atoms with van der Waals surface area (Å²) < 4.78 is 7.78. The number of ether oxygens (including phenoxy) is 1. The molecule has 2 aromatic carbocycles. The molecule has 134 valence electrons. The van der Waals surface area contributed by atoms with Crippen LogP contribution in [0.4, 0.5) is 5.69 Å². The third-order valence-electron chi connectivity index (χ3n) is 3.93. The first-order valence-corrected chi connectivity index (χ1v) is 8.81. The van der Waals surface area contributed by atoms with E-state index in [2.05, 4.69) is 4.99 Å². The molecule has 0 radical (unpaired) electrons. The van der Waals surface area contributed by atoms with Crippen molar-refractivity contribution in [1.29, 1.82) is 0 Å². The zero-order chi connectivity index (χ0) is 18.7. The molecule has 1 aromatic heterocycles. The number of nitro groups is 1. The number of aryl methyl sites for hydroxylation is 1. The maximum Gasteiger partial charge on any atom is 0.271 e. The van der Waals surface area contributed by atoms with Crippen LogP contribution >= 0.6 is 11.3 Å². The highest BCUT2D eigenvalue weighted by molar-refractivity contribution is 7.16. The van der Waals surface area contributed by atoms with Gasteiger partial charge in [-0.1, -0.05) is 23.5 Å². The van der Waals surface area contributed by atoms with Crippen LogP contribution in [0.15, 0.2) is 47.5 Å². The van der Waals surface area contributed by atoms with Crippen LogP contribution in [0.25, 0.3) is 10.2 Å². The van der Waals surface area contributed by atoms with Gasteiger partial charge in [-0.15, -0.1) is 0 Å². The van der Waals surface area contributed by atoms with Gasteiger partial charge in [-0.25, -0.2) is 0 Å². The van der Waals surface area contributed by atoms with Crippen molar-refractivity contribution in [2.45, 2.75) is 19.9 Å². The molecule has 0 N–H and O–H groups in total. The lowest BCUT2D eigenvalue weighted by atomic mass is 10.1. The van der Waals surface area contributed by atoms with Crippen LogP contribution in [-0.2, 0) is 17.8 Å². The molecule has 0 aliphatic heterocycles. The Kier molecular flexibility index (Phi) is 5.13. The second-order valence-corrected chi connectivity index (χ2v) is 6.58. The van der Waals surface area contributed by atoms with E-state index in [0.717, 1.165) is 16.0 Å². The first-order chi connectivity index (χ1) is 12.5. The summed E-state index contributed by atoms with van der Waals surface area (Å²) >= 11 is 1.35. The Morgan fingerprint density at radius 2 is 2.00 bits per heavy atom. The van der Waals surface area contributed by atoms with Gasteiger partial charge in [-0.05, 0) is 30.7 Å². The summed E-state index contributed by atoms with van der Waals surface area (Å²) in [6.45, 7) is 2.48. The van der Waals surface area contributed by atoms with Gasteiger partial charge in [0, 0.05) is 18.7 Å². The molecule has 0 atom stereocenters. The number of nitro benzene ring substituents is 1.